The van der Waals surface area contributed by atoms with Crippen LogP contribution in [-0.4, -0.2) is 29.9 Å². The molecule has 1 fully saturated rings. The Morgan fingerprint density at radius 1 is 1.39 bits per heavy atom. The zero-order chi connectivity index (χ0) is 16.7. The molecule has 0 spiro atoms. The second-order valence-corrected chi connectivity index (χ2v) is 6.34. The number of hydrogen-bond acceptors (Lipinski definition) is 2. The van der Waals surface area contributed by atoms with Crippen molar-refractivity contribution in [1.29, 1.82) is 0 Å². The number of likely N-dealkylation sites (tertiary alicyclic amines) is 1. The van der Waals surface area contributed by atoms with Gasteiger partial charge in [-0.05, 0) is 42.9 Å². The lowest BCUT2D eigenvalue weighted by atomic mass is 10.00. The molecule has 0 unspecified atom stereocenters. The highest BCUT2D eigenvalue weighted by Gasteiger charge is 2.16. The number of benzene rings is 1. The SMILES string of the molecule is CCCC(=O)Nc1cccc(CN=C(N)N2CCC(C)CC2)c1. The number of piperidine rings is 1. The van der Waals surface area contributed by atoms with E-state index in [1.165, 1.54) is 12.8 Å². The summed E-state index contributed by atoms with van der Waals surface area (Å²) < 4.78 is 0. The monoisotopic (exact) mass is 316 g/mol. The number of nitrogens with one attached hydrogen (secondary N) is 1. The molecule has 0 aliphatic carbocycles. The van der Waals surface area contributed by atoms with Gasteiger partial charge < -0.3 is 16.0 Å². The zero-order valence-electron chi connectivity index (χ0n) is 14.2. The minimum absolute atomic E-state index is 0.0510. The molecule has 1 aliphatic rings. The largest absolute Gasteiger partial charge is 0.370 e. The summed E-state index contributed by atoms with van der Waals surface area (Å²) in [6, 6.07) is 7.80. The average Bonchev–Trinajstić information content (AvgIpc) is 2.54. The fourth-order valence-electron chi connectivity index (χ4n) is 2.71. The summed E-state index contributed by atoms with van der Waals surface area (Å²) in [6.45, 7) is 6.79. The maximum atomic E-state index is 11.7. The number of rotatable bonds is 5. The van der Waals surface area contributed by atoms with Crippen LogP contribution in [0.1, 0.15) is 45.1 Å². The second-order valence-electron chi connectivity index (χ2n) is 6.34. The van der Waals surface area contributed by atoms with Gasteiger partial charge in [-0.3, -0.25) is 4.79 Å². The number of nitrogens with two attached hydrogens (primary N) is 1. The molecule has 0 radical (unpaired) electrons. The van der Waals surface area contributed by atoms with E-state index in [1.54, 1.807) is 0 Å². The quantitative estimate of drug-likeness (QED) is 0.648. The van der Waals surface area contributed by atoms with Crippen molar-refractivity contribution in [3.05, 3.63) is 29.8 Å². The Morgan fingerprint density at radius 2 is 2.13 bits per heavy atom. The summed E-state index contributed by atoms with van der Waals surface area (Å²) in [7, 11) is 0. The molecule has 23 heavy (non-hydrogen) atoms. The number of carbonyl (C=O) groups excluding carboxylic acids is 1. The highest BCUT2D eigenvalue weighted by Crippen LogP contribution is 2.16. The number of nitrogens with zero attached hydrogens (tertiary/aromatic N) is 2. The lowest BCUT2D eigenvalue weighted by Crippen LogP contribution is -2.42. The van der Waals surface area contributed by atoms with Crippen LogP contribution in [0, 0.1) is 5.92 Å². The van der Waals surface area contributed by atoms with Crippen LogP contribution in [0.15, 0.2) is 29.3 Å². The molecule has 126 valence electrons. The first-order chi connectivity index (χ1) is 11.1. The Morgan fingerprint density at radius 3 is 2.83 bits per heavy atom. The Balaban J connectivity index is 1.92. The lowest BCUT2D eigenvalue weighted by Gasteiger charge is -2.31. The molecule has 3 N–H and O–H groups in total. The summed E-state index contributed by atoms with van der Waals surface area (Å²) >= 11 is 0. The van der Waals surface area contributed by atoms with E-state index < -0.39 is 0 Å². The number of carbonyl (C=O) groups is 1. The molecule has 1 heterocycles. The minimum atomic E-state index is 0.0510. The van der Waals surface area contributed by atoms with Crippen LogP contribution in [0.3, 0.4) is 0 Å². The Labute approximate surface area is 139 Å². The van der Waals surface area contributed by atoms with Gasteiger partial charge in [-0.2, -0.15) is 0 Å². The van der Waals surface area contributed by atoms with Gasteiger partial charge in [0, 0.05) is 25.2 Å². The van der Waals surface area contributed by atoms with Crippen molar-refractivity contribution in [3.63, 3.8) is 0 Å². The topological polar surface area (TPSA) is 70.7 Å². The Kier molecular flexibility index (Phi) is 6.44. The van der Waals surface area contributed by atoms with Crippen LogP contribution in [0.2, 0.25) is 0 Å². The summed E-state index contributed by atoms with van der Waals surface area (Å²) in [5.41, 5.74) is 7.98. The molecular formula is C18H28N4O. The van der Waals surface area contributed by atoms with Crippen LogP contribution >= 0.6 is 0 Å². The molecule has 0 aromatic heterocycles. The van der Waals surface area contributed by atoms with E-state index in [9.17, 15) is 4.79 Å². The molecule has 1 aliphatic heterocycles. The second kappa shape index (κ2) is 8.56. The van der Waals surface area contributed by atoms with Crippen LogP contribution in [0.4, 0.5) is 5.69 Å². The standard InChI is InChI=1S/C18H28N4O/c1-3-5-17(23)21-16-7-4-6-15(12-16)13-20-18(19)22-10-8-14(2)9-11-22/h4,6-7,12,14H,3,5,8-11,13H2,1-2H3,(H2,19,20)(H,21,23). The molecule has 1 aromatic rings. The van der Waals surface area contributed by atoms with Crippen molar-refractivity contribution in [2.24, 2.45) is 16.6 Å². The first kappa shape index (κ1) is 17.3. The third kappa shape index (κ3) is 5.58. The highest BCUT2D eigenvalue weighted by atomic mass is 16.1. The number of amides is 1. The van der Waals surface area contributed by atoms with E-state index in [2.05, 4.69) is 22.1 Å². The first-order valence-corrected chi connectivity index (χ1v) is 8.52. The third-order valence-electron chi connectivity index (χ3n) is 4.22. The van der Waals surface area contributed by atoms with E-state index in [0.717, 1.165) is 36.7 Å². The van der Waals surface area contributed by atoms with Crippen LogP contribution in [0.5, 0.6) is 0 Å². The van der Waals surface area contributed by atoms with Crippen molar-refractivity contribution >= 4 is 17.6 Å². The van der Waals surface area contributed by atoms with Gasteiger partial charge in [-0.15, -0.1) is 0 Å². The number of aliphatic imine (C=N–C) groups is 1. The Hall–Kier alpha value is -2.04. The van der Waals surface area contributed by atoms with Crippen molar-refractivity contribution < 1.29 is 4.79 Å². The highest BCUT2D eigenvalue weighted by molar-refractivity contribution is 5.90. The van der Waals surface area contributed by atoms with Gasteiger partial charge in [0.15, 0.2) is 5.96 Å². The fourth-order valence-corrected chi connectivity index (χ4v) is 2.71. The summed E-state index contributed by atoms with van der Waals surface area (Å²) in [5, 5.41) is 2.91. The van der Waals surface area contributed by atoms with E-state index in [-0.39, 0.29) is 5.91 Å². The number of hydrogen-bond donors (Lipinski definition) is 2. The molecule has 1 amide bonds. The van der Waals surface area contributed by atoms with Gasteiger partial charge in [0.2, 0.25) is 5.91 Å². The predicted octanol–water partition coefficient (Wildman–Crippen LogP) is 2.97. The van der Waals surface area contributed by atoms with E-state index in [4.69, 9.17) is 5.73 Å². The van der Waals surface area contributed by atoms with Gasteiger partial charge in [-0.25, -0.2) is 4.99 Å². The van der Waals surface area contributed by atoms with Gasteiger partial charge >= 0.3 is 0 Å². The maximum absolute atomic E-state index is 11.7. The average molecular weight is 316 g/mol. The molecule has 2 rings (SSSR count). The summed E-state index contributed by atoms with van der Waals surface area (Å²) in [5.74, 6) is 1.45. The van der Waals surface area contributed by atoms with Crippen molar-refractivity contribution in [1.82, 2.24) is 4.90 Å². The van der Waals surface area contributed by atoms with Gasteiger partial charge in [-0.1, -0.05) is 26.0 Å². The smallest absolute Gasteiger partial charge is 0.224 e. The van der Waals surface area contributed by atoms with Crippen molar-refractivity contribution in [3.8, 4) is 0 Å². The molecular weight excluding hydrogens is 288 g/mol. The van der Waals surface area contributed by atoms with Crippen molar-refractivity contribution in [2.75, 3.05) is 18.4 Å². The van der Waals surface area contributed by atoms with Crippen molar-refractivity contribution in [2.45, 2.75) is 46.1 Å². The molecule has 1 aromatic carbocycles. The summed E-state index contributed by atoms with van der Waals surface area (Å²) in [4.78, 5) is 18.3. The van der Waals surface area contributed by atoms with E-state index in [0.29, 0.717) is 18.9 Å². The predicted molar refractivity (Wildman–Crippen MR) is 95.3 cm³/mol. The lowest BCUT2D eigenvalue weighted by molar-refractivity contribution is -0.116. The molecule has 0 bridgehead atoms. The van der Waals surface area contributed by atoms with Crippen LogP contribution in [0.25, 0.3) is 0 Å². The fraction of sp³-hybridized carbons (Fsp3) is 0.556. The normalized spacial score (nSPS) is 16.4. The van der Waals surface area contributed by atoms with E-state index in [1.807, 2.05) is 31.2 Å². The molecule has 5 nitrogen and oxygen atoms in total. The summed E-state index contributed by atoms with van der Waals surface area (Å²) in [6.07, 6.45) is 3.74. The van der Waals surface area contributed by atoms with Gasteiger partial charge in [0.1, 0.15) is 0 Å². The molecule has 5 heteroatoms. The number of anilines is 1. The van der Waals surface area contributed by atoms with Crippen LogP contribution < -0.4 is 11.1 Å². The minimum Gasteiger partial charge on any atom is -0.370 e. The number of guanidine groups is 1. The third-order valence-corrected chi connectivity index (χ3v) is 4.22. The maximum Gasteiger partial charge on any atom is 0.224 e. The molecule has 0 atom stereocenters. The molecule has 1 saturated heterocycles. The van der Waals surface area contributed by atoms with E-state index >= 15 is 0 Å². The zero-order valence-corrected chi connectivity index (χ0v) is 14.2. The molecule has 0 saturated carbocycles. The Bertz CT molecular complexity index is 548. The van der Waals surface area contributed by atoms with Crippen LogP contribution in [-0.2, 0) is 11.3 Å². The van der Waals surface area contributed by atoms with Gasteiger partial charge in [0.05, 0.1) is 6.54 Å². The van der Waals surface area contributed by atoms with Gasteiger partial charge in [0.25, 0.3) is 0 Å². The first-order valence-electron chi connectivity index (χ1n) is 8.52.